The summed E-state index contributed by atoms with van der Waals surface area (Å²) in [4.78, 5) is 10.2. The Morgan fingerprint density at radius 2 is 1.12 bits per heavy atom. The van der Waals surface area contributed by atoms with Crippen molar-refractivity contribution < 1.29 is 8.83 Å². The Hall–Kier alpha value is -6.24. The Morgan fingerprint density at radius 3 is 1.96 bits per heavy atom. The first-order valence-electron chi connectivity index (χ1n) is 16.1. The molecule has 0 radical (unpaired) electrons. The highest BCUT2D eigenvalue weighted by Crippen LogP contribution is 2.41. The lowest BCUT2D eigenvalue weighted by Gasteiger charge is -2.32. The smallest absolute Gasteiger partial charge is 0.138 e. The predicted octanol–water partition coefficient (Wildman–Crippen LogP) is 10.0. The first-order valence-corrected chi connectivity index (χ1v) is 16.1. The molecule has 228 valence electrons. The number of nitrogens with one attached hydrogen (secondary N) is 2. The maximum atomic E-state index is 6.26. The summed E-state index contributed by atoms with van der Waals surface area (Å²) < 4.78 is 12.5. The minimum absolute atomic E-state index is 0.336. The van der Waals surface area contributed by atoms with E-state index in [1.165, 1.54) is 0 Å². The summed E-state index contributed by atoms with van der Waals surface area (Å²) in [6.07, 6.45) is 1.12. The molecule has 6 nitrogen and oxygen atoms in total. The number of hydrogen-bond acceptors (Lipinski definition) is 6. The van der Waals surface area contributed by atoms with E-state index in [0.717, 1.165) is 88.4 Å². The molecule has 0 saturated carbocycles. The number of aliphatic imine (C=N–C) groups is 1. The average molecular weight is 621 g/mol. The van der Waals surface area contributed by atoms with Crippen LogP contribution in [0.2, 0.25) is 0 Å². The molecule has 6 aromatic carbocycles. The van der Waals surface area contributed by atoms with E-state index in [0.29, 0.717) is 0 Å². The molecule has 9 aromatic rings. The molecule has 6 heteroatoms. The minimum Gasteiger partial charge on any atom is -0.456 e. The van der Waals surface area contributed by atoms with Crippen molar-refractivity contribution in [2.45, 2.75) is 12.3 Å². The molecule has 0 bridgehead atoms. The Balaban J connectivity index is 1.16. The van der Waals surface area contributed by atoms with E-state index in [1.54, 1.807) is 0 Å². The Bertz CT molecular complexity index is 2710. The van der Waals surface area contributed by atoms with Crippen LogP contribution in [0.5, 0.6) is 0 Å². The first-order chi connectivity index (χ1) is 23.8. The number of para-hydroxylation sites is 2. The molecule has 1 aliphatic rings. The summed E-state index contributed by atoms with van der Waals surface area (Å²) in [6.45, 7) is 0. The zero-order chi connectivity index (χ0) is 31.6. The number of fused-ring (bicyclic) bond motifs is 7. The molecule has 4 heterocycles. The second-order valence-corrected chi connectivity index (χ2v) is 12.2. The van der Waals surface area contributed by atoms with Crippen molar-refractivity contribution in [3.8, 4) is 11.1 Å². The number of furan rings is 2. The lowest BCUT2D eigenvalue weighted by molar-refractivity contribution is 0.406. The quantitative estimate of drug-likeness (QED) is 0.205. The van der Waals surface area contributed by atoms with E-state index in [2.05, 4.69) is 89.5 Å². The maximum absolute atomic E-state index is 6.26. The van der Waals surface area contributed by atoms with Gasteiger partial charge < -0.3 is 14.2 Å². The number of amidine groups is 1. The Kier molecular flexibility index (Phi) is 5.98. The molecule has 3 aromatic heterocycles. The second-order valence-electron chi connectivity index (χ2n) is 12.2. The predicted molar refractivity (Wildman–Crippen MR) is 193 cm³/mol. The van der Waals surface area contributed by atoms with Gasteiger partial charge in [0, 0.05) is 27.9 Å². The third kappa shape index (κ3) is 4.16. The van der Waals surface area contributed by atoms with Crippen LogP contribution in [0.25, 0.3) is 65.8 Å². The van der Waals surface area contributed by atoms with Crippen LogP contribution >= 0.6 is 0 Å². The summed E-state index contributed by atoms with van der Waals surface area (Å²) in [6, 6.07) is 48.0. The fourth-order valence-corrected chi connectivity index (χ4v) is 7.32. The third-order valence-corrected chi connectivity index (χ3v) is 9.45. The number of hydrogen-bond donors (Lipinski definition) is 2. The molecule has 0 amide bonds. The van der Waals surface area contributed by atoms with E-state index in [4.69, 9.17) is 18.8 Å². The van der Waals surface area contributed by atoms with E-state index in [9.17, 15) is 0 Å². The van der Waals surface area contributed by atoms with E-state index < -0.39 is 0 Å². The number of pyridine rings is 1. The first kappa shape index (κ1) is 26.9. The molecule has 1 aliphatic heterocycles. The highest BCUT2D eigenvalue weighted by atomic mass is 16.3. The van der Waals surface area contributed by atoms with Crippen LogP contribution in [0.1, 0.15) is 29.2 Å². The van der Waals surface area contributed by atoms with Gasteiger partial charge in [0.15, 0.2) is 0 Å². The molecule has 0 aliphatic carbocycles. The van der Waals surface area contributed by atoms with Crippen LogP contribution in [0.4, 0.5) is 0 Å². The van der Waals surface area contributed by atoms with Gasteiger partial charge in [-0.3, -0.25) is 10.3 Å². The topological polar surface area (TPSA) is 75.6 Å². The second kappa shape index (κ2) is 10.7. The van der Waals surface area contributed by atoms with Crippen molar-refractivity contribution in [1.29, 1.82) is 0 Å². The lowest BCUT2D eigenvalue weighted by atomic mass is 9.92. The molecule has 2 unspecified atom stereocenters. The number of aromatic nitrogens is 1. The third-order valence-electron chi connectivity index (χ3n) is 9.45. The molecule has 48 heavy (non-hydrogen) atoms. The van der Waals surface area contributed by atoms with E-state index in [-0.39, 0.29) is 12.3 Å². The lowest BCUT2D eigenvalue weighted by Crippen LogP contribution is -2.45. The molecule has 2 N–H and O–H groups in total. The van der Waals surface area contributed by atoms with Gasteiger partial charge >= 0.3 is 0 Å². The molecular formula is C42H28N4O2. The zero-order valence-corrected chi connectivity index (χ0v) is 25.7. The molecule has 0 saturated heterocycles. The largest absolute Gasteiger partial charge is 0.456 e. The van der Waals surface area contributed by atoms with Gasteiger partial charge in [-0.2, -0.15) is 0 Å². The van der Waals surface area contributed by atoms with Gasteiger partial charge in [0.2, 0.25) is 0 Å². The fraction of sp³-hybridized carbons (Fsp3) is 0.0476. The summed E-state index contributed by atoms with van der Waals surface area (Å²) in [5, 5.41) is 14.1. The summed E-state index contributed by atoms with van der Waals surface area (Å²) in [5.41, 5.74) is 8.69. The van der Waals surface area contributed by atoms with Gasteiger partial charge in [-0.1, -0.05) is 115 Å². The molecular weight excluding hydrogens is 592 g/mol. The van der Waals surface area contributed by atoms with Gasteiger partial charge in [0.05, 0.1) is 11.1 Å². The van der Waals surface area contributed by atoms with Crippen molar-refractivity contribution in [2.24, 2.45) is 4.99 Å². The van der Waals surface area contributed by atoms with Crippen LogP contribution in [-0.4, -0.2) is 10.8 Å². The van der Waals surface area contributed by atoms with Gasteiger partial charge in [-0.05, 0) is 51.7 Å². The van der Waals surface area contributed by atoms with Crippen LogP contribution in [0.3, 0.4) is 0 Å². The monoisotopic (exact) mass is 620 g/mol. The van der Waals surface area contributed by atoms with Gasteiger partial charge in [-0.25, -0.2) is 4.99 Å². The van der Waals surface area contributed by atoms with Crippen molar-refractivity contribution in [1.82, 2.24) is 15.6 Å². The molecule has 0 spiro atoms. The van der Waals surface area contributed by atoms with Gasteiger partial charge in [0.1, 0.15) is 40.5 Å². The van der Waals surface area contributed by atoms with Crippen LogP contribution in [0, 0.1) is 0 Å². The maximum Gasteiger partial charge on any atom is 0.138 e. The van der Waals surface area contributed by atoms with Crippen LogP contribution in [0.15, 0.2) is 160 Å². The van der Waals surface area contributed by atoms with Crippen LogP contribution < -0.4 is 10.6 Å². The van der Waals surface area contributed by atoms with Crippen LogP contribution in [-0.2, 0) is 0 Å². The SMILES string of the molecule is c1ccc(C2=NC(c3cccc4c(-c5cccc6oc7ccccc7c56)cccc34)NC(c3nccc4oc5ccccc5c34)N2)cc1. The summed E-state index contributed by atoms with van der Waals surface area (Å²) in [5.74, 6) is 0.804. The average Bonchev–Trinajstić information content (AvgIpc) is 3.73. The number of benzene rings is 6. The summed E-state index contributed by atoms with van der Waals surface area (Å²) in [7, 11) is 0. The van der Waals surface area contributed by atoms with Gasteiger partial charge in [-0.15, -0.1) is 0 Å². The van der Waals surface area contributed by atoms with Gasteiger partial charge in [0.25, 0.3) is 0 Å². The molecule has 2 atom stereocenters. The molecule has 10 rings (SSSR count). The highest BCUT2D eigenvalue weighted by Gasteiger charge is 2.30. The molecule has 0 fully saturated rings. The minimum atomic E-state index is -0.355. The highest BCUT2D eigenvalue weighted by molar-refractivity contribution is 6.15. The standard InChI is InChI=1S/C42H28N4O2/c1-2-11-25(12-3-1)40-44-41(46-42(45-40)39-38-32-14-5-7-21-34(32)48-36(38)23-24-43-39)30-19-9-15-26-27(16-8-17-28(26)30)29-18-10-22-35-37(29)31-13-4-6-20-33(31)47-35/h1-24,41-42,46H,(H,44,45). The van der Waals surface area contributed by atoms with Crippen molar-refractivity contribution in [3.63, 3.8) is 0 Å². The van der Waals surface area contributed by atoms with E-state index in [1.807, 2.05) is 66.9 Å². The normalized spacial score (nSPS) is 16.5. The zero-order valence-electron chi connectivity index (χ0n) is 25.7. The fourth-order valence-electron chi connectivity index (χ4n) is 7.32. The summed E-state index contributed by atoms with van der Waals surface area (Å²) >= 11 is 0. The van der Waals surface area contributed by atoms with Crippen molar-refractivity contribution >= 4 is 60.5 Å². The van der Waals surface area contributed by atoms with E-state index >= 15 is 0 Å². The number of rotatable bonds is 4. The Labute approximate surface area is 275 Å². The van der Waals surface area contributed by atoms with Crippen molar-refractivity contribution in [2.75, 3.05) is 0 Å². The van der Waals surface area contributed by atoms with Crippen molar-refractivity contribution in [3.05, 3.63) is 163 Å². The Morgan fingerprint density at radius 1 is 0.500 bits per heavy atom. The number of nitrogens with zero attached hydrogens (tertiary/aromatic N) is 2.